The average molecular weight is 572 g/mol. The van der Waals surface area contributed by atoms with Gasteiger partial charge >= 0.3 is 18.4 Å². The van der Waals surface area contributed by atoms with E-state index in [1.54, 1.807) is 30.3 Å². The van der Waals surface area contributed by atoms with Crippen LogP contribution in [0, 0.1) is 0 Å². The Kier molecular flexibility index (Phi) is 11.1. The van der Waals surface area contributed by atoms with Crippen LogP contribution in [0.25, 0.3) is 0 Å². The van der Waals surface area contributed by atoms with Gasteiger partial charge < -0.3 is 25.4 Å². The van der Waals surface area contributed by atoms with Gasteiger partial charge in [0.05, 0.1) is 13.0 Å². The van der Waals surface area contributed by atoms with Crippen LogP contribution in [0.2, 0.25) is 0 Å². The maximum absolute atomic E-state index is 13.4. The molecule has 11 heteroatoms. The molecule has 0 atom stereocenters. The average Bonchev–Trinajstić information content (AvgIpc) is 2.92. The van der Waals surface area contributed by atoms with E-state index in [0.717, 1.165) is 24.8 Å². The third-order valence-electron chi connectivity index (χ3n) is 6.08. The molecule has 0 bridgehead atoms. The molecule has 0 aliphatic carbocycles. The number of carboxylic acid groups (broad SMARTS) is 1. The molecule has 0 aromatic heterocycles. The van der Waals surface area contributed by atoms with Crippen molar-refractivity contribution in [3.05, 3.63) is 95.1 Å². The zero-order valence-corrected chi connectivity index (χ0v) is 22.5. The van der Waals surface area contributed by atoms with E-state index in [9.17, 15) is 27.6 Å². The number of nitrogens with zero attached hydrogens (tertiary/aromatic N) is 1. The molecule has 0 aliphatic rings. The van der Waals surface area contributed by atoms with Gasteiger partial charge in [-0.1, -0.05) is 55.8 Å². The van der Waals surface area contributed by atoms with Crippen LogP contribution < -0.4 is 15.4 Å². The van der Waals surface area contributed by atoms with E-state index in [2.05, 4.69) is 22.3 Å². The number of unbranched alkanes of at least 4 members (excludes halogenated alkanes) is 1. The van der Waals surface area contributed by atoms with Gasteiger partial charge in [0.25, 0.3) is 5.91 Å². The van der Waals surface area contributed by atoms with Crippen molar-refractivity contribution < 1.29 is 37.4 Å². The lowest BCUT2D eigenvalue weighted by Crippen LogP contribution is -2.34. The van der Waals surface area contributed by atoms with Crippen molar-refractivity contribution in [2.75, 3.05) is 11.9 Å². The number of hydrogen-bond donors (Lipinski definition) is 3. The molecule has 0 radical (unpaired) electrons. The summed E-state index contributed by atoms with van der Waals surface area (Å²) in [5.74, 6) is -1.90. The number of aryl methyl sites for hydroxylation is 1. The monoisotopic (exact) mass is 571 g/mol. The Morgan fingerprint density at radius 1 is 0.902 bits per heavy atom. The Balaban J connectivity index is 1.79. The molecule has 3 N–H and O–H groups in total. The standard InChI is InChI=1S/C30H32F3N3O5/c1-2-3-6-21-11-15-25(16-12-21)35-29(40)36(20-24-7-4-5-8-26(24)41-30(31,32)33)19-22-9-13-23(14-10-22)28(39)34-18-17-27(37)38/h4-5,7-16H,2-3,6,17-20H2,1H3,(H,34,39)(H,35,40)(H,37,38). The highest BCUT2D eigenvalue weighted by Crippen LogP contribution is 2.28. The summed E-state index contributed by atoms with van der Waals surface area (Å²) in [6, 6.07) is 18.7. The highest BCUT2D eigenvalue weighted by Gasteiger charge is 2.32. The number of carboxylic acids is 1. The first-order valence-corrected chi connectivity index (χ1v) is 13.1. The van der Waals surface area contributed by atoms with Crippen LogP contribution in [0.4, 0.5) is 23.7 Å². The Morgan fingerprint density at radius 2 is 1.56 bits per heavy atom. The van der Waals surface area contributed by atoms with Gasteiger partial charge in [-0.25, -0.2) is 4.79 Å². The van der Waals surface area contributed by atoms with Crippen LogP contribution in [0.3, 0.4) is 0 Å². The third-order valence-corrected chi connectivity index (χ3v) is 6.08. The van der Waals surface area contributed by atoms with Crippen LogP contribution >= 0.6 is 0 Å². The minimum atomic E-state index is -4.90. The molecule has 0 saturated carbocycles. The number of carbonyl (C=O) groups is 3. The number of amides is 3. The number of halogens is 3. The van der Waals surface area contributed by atoms with Crippen molar-refractivity contribution in [1.29, 1.82) is 0 Å². The molecule has 0 spiro atoms. The summed E-state index contributed by atoms with van der Waals surface area (Å²) in [6.45, 7) is 1.90. The van der Waals surface area contributed by atoms with E-state index >= 15 is 0 Å². The smallest absolute Gasteiger partial charge is 0.481 e. The van der Waals surface area contributed by atoms with Gasteiger partial charge in [-0.3, -0.25) is 9.59 Å². The van der Waals surface area contributed by atoms with Crippen LogP contribution in [0.5, 0.6) is 5.75 Å². The maximum atomic E-state index is 13.4. The van der Waals surface area contributed by atoms with E-state index in [-0.39, 0.29) is 31.6 Å². The number of carbonyl (C=O) groups excluding carboxylic acids is 2. The molecule has 0 heterocycles. The summed E-state index contributed by atoms with van der Waals surface area (Å²) in [7, 11) is 0. The number of alkyl halides is 3. The fourth-order valence-corrected chi connectivity index (χ4v) is 3.97. The van der Waals surface area contributed by atoms with Crippen molar-refractivity contribution in [3.8, 4) is 5.75 Å². The third kappa shape index (κ3) is 10.5. The molecule has 0 saturated heterocycles. The van der Waals surface area contributed by atoms with E-state index in [0.29, 0.717) is 16.8 Å². The quantitative estimate of drug-likeness (QED) is 0.221. The second-order valence-corrected chi connectivity index (χ2v) is 9.34. The second-order valence-electron chi connectivity index (χ2n) is 9.34. The first kappa shape index (κ1) is 31.0. The summed E-state index contributed by atoms with van der Waals surface area (Å²) in [6.07, 6.45) is -2.09. The molecule has 8 nitrogen and oxygen atoms in total. The lowest BCUT2D eigenvalue weighted by atomic mass is 10.1. The zero-order chi connectivity index (χ0) is 29.8. The number of urea groups is 1. The van der Waals surface area contributed by atoms with Crippen molar-refractivity contribution in [3.63, 3.8) is 0 Å². The number of rotatable bonds is 13. The first-order chi connectivity index (χ1) is 19.5. The van der Waals surface area contributed by atoms with Crippen molar-refractivity contribution in [1.82, 2.24) is 10.2 Å². The van der Waals surface area contributed by atoms with Crippen LogP contribution in [0.15, 0.2) is 72.8 Å². The Hall–Kier alpha value is -4.54. The van der Waals surface area contributed by atoms with Gasteiger partial charge in [0.15, 0.2) is 0 Å². The van der Waals surface area contributed by atoms with Crippen molar-refractivity contribution >= 4 is 23.6 Å². The predicted octanol–water partition coefficient (Wildman–Crippen LogP) is 6.37. The van der Waals surface area contributed by atoms with Gasteiger partial charge in [0, 0.05) is 29.9 Å². The highest BCUT2D eigenvalue weighted by molar-refractivity contribution is 5.94. The molecule has 3 rings (SSSR count). The molecule has 3 aromatic rings. The number of benzene rings is 3. The molecule has 3 amide bonds. The summed E-state index contributed by atoms with van der Waals surface area (Å²) in [4.78, 5) is 37.6. The van der Waals surface area contributed by atoms with E-state index in [1.165, 1.54) is 35.2 Å². The fourth-order valence-electron chi connectivity index (χ4n) is 3.97. The zero-order valence-electron chi connectivity index (χ0n) is 22.5. The summed E-state index contributed by atoms with van der Waals surface area (Å²) < 4.78 is 43.2. The number of ether oxygens (including phenoxy) is 1. The van der Waals surface area contributed by atoms with E-state index in [1.807, 2.05) is 12.1 Å². The predicted molar refractivity (Wildman–Crippen MR) is 147 cm³/mol. The summed E-state index contributed by atoms with van der Waals surface area (Å²) in [5, 5.41) is 14.0. The van der Waals surface area contributed by atoms with Crippen LogP contribution in [0.1, 0.15) is 53.2 Å². The SMILES string of the molecule is CCCCc1ccc(NC(=O)N(Cc2ccc(C(=O)NCCC(=O)O)cc2)Cc2ccccc2OC(F)(F)F)cc1. The van der Waals surface area contributed by atoms with Gasteiger partial charge in [0.1, 0.15) is 5.75 Å². The van der Waals surface area contributed by atoms with Gasteiger partial charge in [-0.2, -0.15) is 0 Å². The molecule has 3 aromatic carbocycles. The van der Waals surface area contributed by atoms with Gasteiger partial charge in [-0.15, -0.1) is 13.2 Å². The second kappa shape index (κ2) is 14.7. The van der Waals surface area contributed by atoms with Crippen LogP contribution in [-0.2, 0) is 24.3 Å². The number of anilines is 1. The van der Waals surface area contributed by atoms with Gasteiger partial charge in [-0.05, 0) is 54.3 Å². The van der Waals surface area contributed by atoms with Crippen molar-refractivity contribution in [2.24, 2.45) is 0 Å². The molecular weight excluding hydrogens is 539 g/mol. The molecule has 0 aliphatic heterocycles. The lowest BCUT2D eigenvalue weighted by Gasteiger charge is -2.25. The summed E-state index contributed by atoms with van der Waals surface area (Å²) in [5.41, 5.74) is 2.73. The lowest BCUT2D eigenvalue weighted by molar-refractivity contribution is -0.275. The number of hydrogen-bond acceptors (Lipinski definition) is 4. The minimum Gasteiger partial charge on any atom is -0.481 e. The fraction of sp³-hybridized carbons (Fsp3) is 0.300. The molecule has 0 fully saturated rings. The minimum absolute atomic E-state index is 0.0156. The molecule has 41 heavy (non-hydrogen) atoms. The van der Waals surface area contributed by atoms with Crippen molar-refractivity contribution in [2.45, 2.75) is 52.1 Å². The molecule has 0 unspecified atom stereocenters. The van der Waals surface area contributed by atoms with E-state index in [4.69, 9.17) is 5.11 Å². The first-order valence-electron chi connectivity index (χ1n) is 13.1. The topological polar surface area (TPSA) is 108 Å². The van der Waals surface area contributed by atoms with E-state index < -0.39 is 30.0 Å². The number of nitrogens with one attached hydrogen (secondary N) is 2. The Labute approximate surface area is 236 Å². The Morgan fingerprint density at radius 3 is 2.20 bits per heavy atom. The normalized spacial score (nSPS) is 11.0. The summed E-state index contributed by atoms with van der Waals surface area (Å²) >= 11 is 0. The molecular formula is C30H32F3N3O5. The highest BCUT2D eigenvalue weighted by atomic mass is 19.4. The Bertz CT molecular complexity index is 1310. The molecule has 218 valence electrons. The van der Waals surface area contributed by atoms with Gasteiger partial charge in [0.2, 0.25) is 0 Å². The number of aliphatic carboxylic acids is 1. The number of para-hydroxylation sites is 1. The largest absolute Gasteiger partial charge is 0.573 e. The maximum Gasteiger partial charge on any atom is 0.573 e. The van der Waals surface area contributed by atoms with Crippen LogP contribution in [-0.4, -0.2) is 40.8 Å².